The Morgan fingerprint density at radius 3 is 2.48 bits per heavy atom. The molecule has 0 saturated heterocycles. The third-order valence-electron chi connectivity index (χ3n) is 2.42. The molecule has 0 unspecified atom stereocenters. The number of nitro groups is 1. The zero-order valence-electron chi connectivity index (χ0n) is 12.3. The zero-order valence-corrected chi connectivity index (χ0v) is 12.3. The summed E-state index contributed by atoms with van der Waals surface area (Å²) in [6, 6.07) is 9.27. The highest BCUT2D eigenvalue weighted by Crippen LogP contribution is 2.15. The predicted molar refractivity (Wildman–Crippen MR) is 80.3 cm³/mol. The summed E-state index contributed by atoms with van der Waals surface area (Å²) in [7, 11) is 0. The van der Waals surface area contributed by atoms with Gasteiger partial charge in [0.05, 0.1) is 5.41 Å². The van der Waals surface area contributed by atoms with E-state index in [0.717, 1.165) is 5.56 Å². The van der Waals surface area contributed by atoms with Crippen molar-refractivity contribution in [3.8, 4) is 0 Å². The Morgan fingerprint density at radius 2 is 1.95 bits per heavy atom. The fourth-order valence-electron chi connectivity index (χ4n) is 1.24. The van der Waals surface area contributed by atoms with Crippen molar-refractivity contribution in [3.05, 3.63) is 52.1 Å². The Balaban J connectivity index is 2.83. The molecule has 1 aromatic carbocycles. The standard InChI is InChI=1S/C15H18N2O4/c1-15(2,3)14(18)21-16-13(11-17(19)20)10-9-12-7-5-4-6-8-12/h4-10H,11H2,1-3H3/b10-9+,16-13?. The first-order chi connectivity index (χ1) is 9.79. The number of nitrogens with zero attached hydrogens (tertiary/aromatic N) is 2. The highest BCUT2D eigenvalue weighted by molar-refractivity contribution is 5.99. The van der Waals surface area contributed by atoms with Gasteiger partial charge in [0.15, 0.2) is 5.71 Å². The van der Waals surface area contributed by atoms with E-state index >= 15 is 0 Å². The molecular weight excluding hydrogens is 272 g/mol. The number of benzene rings is 1. The van der Waals surface area contributed by atoms with Crippen LogP contribution >= 0.6 is 0 Å². The van der Waals surface area contributed by atoms with Crippen molar-refractivity contribution in [2.45, 2.75) is 20.8 Å². The second-order valence-electron chi connectivity index (χ2n) is 5.45. The molecule has 6 heteroatoms. The minimum Gasteiger partial charge on any atom is -0.317 e. The van der Waals surface area contributed by atoms with Gasteiger partial charge in [0, 0.05) is 4.92 Å². The lowest BCUT2D eigenvalue weighted by Gasteiger charge is -2.12. The SMILES string of the molecule is CC(C)(C)C(=O)ON=C(/C=C/c1ccccc1)C[N+](=O)[O-]. The van der Waals surface area contributed by atoms with E-state index in [4.69, 9.17) is 4.84 Å². The Morgan fingerprint density at radius 1 is 1.33 bits per heavy atom. The lowest BCUT2D eigenvalue weighted by molar-refractivity contribution is -0.463. The number of carbonyl (C=O) groups is 1. The summed E-state index contributed by atoms with van der Waals surface area (Å²) >= 11 is 0. The topological polar surface area (TPSA) is 81.8 Å². The third-order valence-corrected chi connectivity index (χ3v) is 2.42. The van der Waals surface area contributed by atoms with Gasteiger partial charge in [0.25, 0.3) is 0 Å². The van der Waals surface area contributed by atoms with Crippen LogP contribution in [0.4, 0.5) is 0 Å². The van der Waals surface area contributed by atoms with Crippen LogP contribution in [-0.2, 0) is 9.63 Å². The maximum absolute atomic E-state index is 11.6. The molecule has 0 saturated carbocycles. The van der Waals surface area contributed by atoms with Crippen LogP contribution in [0.2, 0.25) is 0 Å². The van der Waals surface area contributed by atoms with Crippen molar-refractivity contribution in [1.82, 2.24) is 0 Å². The number of hydrogen-bond donors (Lipinski definition) is 0. The average molecular weight is 290 g/mol. The molecule has 0 N–H and O–H groups in total. The van der Waals surface area contributed by atoms with Gasteiger partial charge < -0.3 is 4.84 Å². The Bertz CT molecular complexity index is 557. The molecule has 0 spiro atoms. The fourth-order valence-corrected chi connectivity index (χ4v) is 1.24. The summed E-state index contributed by atoms with van der Waals surface area (Å²) in [5.74, 6) is -0.545. The molecule has 112 valence electrons. The first-order valence-corrected chi connectivity index (χ1v) is 6.42. The maximum Gasteiger partial charge on any atom is 0.340 e. The van der Waals surface area contributed by atoms with Gasteiger partial charge in [-0.2, -0.15) is 0 Å². The molecule has 0 aliphatic heterocycles. The second-order valence-corrected chi connectivity index (χ2v) is 5.45. The molecule has 1 rings (SSSR count). The van der Waals surface area contributed by atoms with Gasteiger partial charge in [-0.1, -0.05) is 41.6 Å². The average Bonchev–Trinajstić information content (AvgIpc) is 2.41. The van der Waals surface area contributed by atoms with Gasteiger partial charge in [0.1, 0.15) is 0 Å². The van der Waals surface area contributed by atoms with Crippen molar-refractivity contribution < 1.29 is 14.6 Å². The molecule has 6 nitrogen and oxygen atoms in total. The van der Waals surface area contributed by atoms with E-state index in [9.17, 15) is 14.9 Å². The molecule has 0 atom stereocenters. The maximum atomic E-state index is 11.6. The van der Waals surface area contributed by atoms with E-state index in [1.54, 1.807) is 26.8 Å². The highest BCUT2D eigenvalue weighted by Gasteiger charge is 2.23. The van der Waals surface area contributed by atoms with Crippen LogP contribution in [0, 0.1) is 15.5 Å². The largest absolute Gasteiger partial charge is 0.340 e. The van der Waals surface area contributed by atoms with Gasteiger partial charge in [0.2, 0.25) is 6.54 Å². The van der Waals surface area contributed by atoms with Gasteiger partial charge >= 0.3 is 5.97 Å². The molecule has 0 aliphatic rings. The fraction of sp³-hybridized carbons (Fsp3) is 0.333. The minimum atomic E-state index is -0.716. The quantitative estimate of drug-likeness (QED) is 0.361. The molecule has 21 heavy (non-hydrogen) atoms. The van der Waals surface area contributed by atoms with Crippen LogP contribution in [0.25, 0.3) is 6.08 Å². The summed E-state index contributed by atoms with van der Waals surface area (Å²) < 4.78 is 0. The first kappa shape index (κ1) is 16.6. The van der Waals surface area contributed by atoms with Crippen LogP contribution in [0.1, 0.15) is 26.3 Å². The van der Waals surface area contributed by atoms with Crippen molar-refractivity contribution in [1.29, 1.82) is 0 Å². The van der Waals surface area contributed by atoms with Crippen LogP contribution in [-0.4, -0.2) is 23.1 Å². The molecule has 1 aromatic rings. The second kappa shape index (κ2) is 7.33. The summed E-state index contributed by atoms with van der Waals surface area (Å²) in [6.07, 6.45) is 3.14. The molecule has 0 heterocycles. The highest BCUT2D eigenvalue weighted by atomic mass is 16.7. The van der Waals surface area contributed by atoms with E-state index in [2.05, 4.69) is 5.16 Å². The smallest absolute Gasteiger partial charge is 0.317 e. The van der Waals surface area contributed by atoms with E-state index in [-0.39, 0.29) is 5.71 Å². The van der Waals surface area contributed by atoms with E-state index in [1.807, 2.05) is 30.3 Å². The van der Waals surface area contributed by atoms with E-state index < -0.39 is 22.9 Å². The molecule has 0 aliphatic carbocycles. The van der Waals surface area contributed by atoms with Crippen molar-refractivity contribution >= 4 is 17.8 Å². The van der Waals surface area contributed by atoms with Crippen LogP contribution in [0.15, 0.2) is 41.6 Å². The van der Waals surface area contributed by atoms with Crippen molar-refractivity contribution in [3.63, 3.8) is 0 Å². The number of carbonyl (C=O) groups excluding carboxylic acids is 1. The number of rotatable bonds is 5. The van der Waals surface area contributed by atoms with Crippen LogP contribution in [0.3, 0.4) is 0 Å². The Hall–Kier alpha value is -2.50. The molecule has 0 amide bonds. The number of hydrogen-bond acceptors (Lipinski definition) is 5. The lowest BCUT2D eigenvalue weighted by atomic mass is 9.98. The first-order valence-electron chi connectivity index (χ1n) is 6.42. The Kier molecular flexibility index (Phi) is 5.78. The lowest BCUT2D eigenvalue weighted by Crippen LogP contribution is -2.22. The predicted octanol–water partition coefficient (Wildman–Crippen LogP) is 2.92. The van der Waals surface area contributed by atoms with Gasteiger partial charge in [-0.25, -0.2) is 4.79 Å². The summed E-state index contributed by atoms with van der Waals surface area (Å²) in [4.78, 5) is 26.4. The number of oxime groups is 1. The molecular formula is C15H18N2O4. The van der Waals surface area contributed by atoms with E-state index in [0.29, 0.717) is 0 Å². The van der Waals surface area contributed by atoms with Gasteiger partial charge in [-0.05, 0) is 32.4 Å². The van der Waals surface area contributed by atoms with Gasteiger partial charge in [-0.3, -0.25) is 10.1 Å². The van der Waals surface area contributed by atoms with Crippen LogP contribution < -0.4 is 0 Å². The zero-order chi connectivity index (χ0) is 15.9. The normalized spacial score (nSPS) is 12.4. The third kappa shape index (κ3) is 6.47. The van der Waals surface area contributed by atoms with E-state index in [1.165, 1.54) is 6.08 Å². The van der Waals surface area contributed by atoms with Crippen LogP contribution in [0.5, 0.6) is 0 Å². The van der Waals surface area contributed by atoms with Crippen molar-refractivity contribution in [2.75, 3.05) is 6.54 Å². The molecule has 0 radical (unpaired) electrons. The monoisotopic (exact) mass is 290 g/mol. The van der Waals surface area contributed by atoms with Gasteiger partial charge in [-0.15, -0.1) is 0 Å². The Labute approximate surface area is 123 Å². The molecule has 0 fully saturated rings. The van der Waals surface area contributed by atoms with Crippen molar-refractivity contribution in [2.24, 2.45) is 10.6 Å². The summed E-state index contributed by atoms with van der Waals surface area (Å²) in [6.45, 7) is 4.52. The summed E-state index contributed by atoms with van der Waals surface area (Å²) in [5, 5.41) is 14.2. The molecule has 0 aromatic heterocycles. The molecule has 0 bridgehead atoms. The minimum absolute atomic E-state index is 0.0708. The summed E-state index contributed by atoms with van der Waals surface area (Å²) in [5.41, 5.74) is 0.226.